The summed E-state index contributed by atoms with van der Waals surface area (Å²) < 4.78 is 13.4. The number of amides is 1. The highest BCUT2D eigenvalue weighted by atomic mass is 19.1. The molecule has 0 aliphatic heterocycles. The largest absolute Gasteiger partial charge is 0.324 e. The van der Waals surface area contributed by atoms with Crippen molar-refractivity contribution < 1.29 is 14.0 Å². The number of nitrogens with one attached hydrogen (secondary N) is 2. The summed E-state index contributed by atoms with van der Waals surface area (Å²) in [5.41, 5.74) is 2.58. The maximum Gasteiger partial charge on any atom is 0.276 e. The van der Waals surface area contributed by atoms with Crippen molar-refractivity contribution in [2.24, 2.45) is 0 Å². The van der Waals surface area contributed by atoms with Crippen molar-refractivity contribution in [1.82, 2.24) is 15.0 Å². The molecule has 7 heteroatoms. The number of rotatable bonds is 6. The molecular formula is C26H19FN4O2. The summed E-state index contributed by atoms with van der Waals surface area (Å²) in [6.45, 7) is 0. The Morgan fingerprint density at radius 1 is 0.939 bits per heavy atom. The van der Waals surface area contributed by atoms with Crippen molar-refractivity contribution >= 4 is 39.4 Å². The number of Topliss-reactive ketones (excluding diaryl/α,β-unsaturated/α-hetero) is 1. The van der Waals surface area contributed by atoms with Gasteiger partial charge in [-0.3, -0.25) is 19.9 Å². The molecule has 5 aromatic rings. The molecule has 0 radical (unpaired) electrons. The zero-order valence-corrected chi connectivity index (χ0v) is 17.5. The van der Waals surface area contributed by atoms with Gasteiger partial charge in [0, 0.05) is 23.6 Å². The number of H-pyrrole nitrogens is 1. The number of carbonyl (C=O) groups is 2. The second-order valence-electron chi connectivity index (χ2n) is 7.71. The highest BCUT2D eigenvalue weighted by Crippen LogP contribution is 2.22. The number of hydrogen-bond acceptors (Lipinski definition) is 4. The van der Waals surface area contributed by atoms with E-state index < -0.39 is 5.91 Å². The van der Waals surface area contributed by atoms with Gasteiger partial charge in [0.05, 0.1) is 5.52 Å². The quantitative estimate of drug-likeness (QED) is 0.351. The van der Waals surface area contributed by atoms with Gasteiger partial charge in [-0.05, 0) is 47.7 Å². The smallest absolute Gasteiger partial charge is 0.276 e. The number of ketones is 1. The number of halogens is 1. The second-order valence-corrected chi connectivity index (χ2v) is 7.71. The van der Waals surface area contributed by atoms with Gasteiger partial charge in [-0.2, -0.15) is 0 Å². The number of nitrogens with zero attached hydrogens (tertiary/aromatic N) is 2. The van der Waals surface area contributed by atoms with Crippen LogP contribution in [0.4, 0.5) is 10.3 Å². The van der Waals surface area contributed by atoms with Crippen LogP contribution in [0.5, 0.6) is 0 Å². The Balaban J connectivity index is 1.35. The first-order valence-corrected chi connectivity index (χ1v) is 10.5. The minimum Gasteiger partial charge on any atom is -0.324 e. The molecule has 2 aromatic heterocycles. The number of para-hydroxylation sites is 1. The Hall–Kier alpha value is -4.39. The number of imidazole rings is 1. The lowest BCUT2D eigenvalue weighted by Crippen LogP contribution is -2.14. The van der Waals surface area contributed by atoms with Crippen LogP contribution < -0.4 is 5.32 Å². The molecule has 0 saturated heterocycles. The maximum atomic E-state index is 13.4. The van der Waals surface area contributed by atoms with Gasteiger partial charge in [-0.15, -0.1) is 0 Å². The summed E-state index contributed by atoms with van der Waals surface area (Å²) in [6.07, 6.45) is 2.30. The summed E-state index contributed by atoms with van der Waals surface area (Å²) in [5, 5.41) is 4.58. The van der Waals surface area contributed by atoms with E-state index in [0.29, 0.717) is 23.0 Å². The number of aryl methyl sites for hydroxylation is 1. The van der Waals surface area contributed by atoms with E-state index in [1.165, 1.54) is 12.1 Å². The van der Waals surface area contributed by atoms with Gasteiger partial charge >= 0.3 is 0 Å². The Bertz CT molecular complexity index is 1510. The van der Waals surface area contributed by atoms with E-state index in [0.717, 1.165) is 16.3 Å². The average molecular weight is 438 g/mol. The predicted molar refractivity (Wildman–Crippen MR) is 125 cm³/mol. The lowest BCUT2D eigenvalue weighted by Gasteiger charge is -2.03. The Labute approximate surface area is 188 Å². The standard InChI is InChI=1S/C26H19FN4O2/c27-19-8-3-5-16(13-19)11-12-23(32)20-9-4-10-21-24(20)30-26(29-21)31-25(33)22-14-17-6-1-2-7-18(17)15-28-22/h1-10,13-15H,11-12H2,(H2,29,30,31,33). The summed E-state index contributed by atoms with van der Waals surface area (Å²) in [7, 11) is 0. The van der Waals surface area contributed by atoms with Crippen LogP contribution >= 0.6 is 0 Å². The lowest BCUT2D eigenvalue weighted by atomic mass is 10.0. The van der Waals surface area contributed by atoms with Crippen LogP contribution in [0.1, 0.15) is 32.8 Å². The SMILES string of the molecule is O=C(Nc1nc2c(C(=O)CCc3cccc(F)c3)cccc2[nH]1)c1cc2ccccc2cn1. The van der Waals surface area contributed by atoms with Gasteiger partial charge in [-0.1, -0.05) is 42.5 Å². The minimum atomic E-state index is -0.404. The van der Waals surface area contributed by atoms with Gasteiger partial charge in [0.2, 0.25) is 5.95 Å². The van der Waals surface area contributed by atoms with Crippen LogP contribution in [0.3, 0.4) is 0 Å². The predicted octanol–water partition coefficient (Wildman–Crippen LogP) is 5.32. The van der Waals surface area contributed by atoms with E-state index in [4.69, 9.17) is 0 Å². The van der Waals surface area contributed by atoms with Crippen molar-refractivity contribution in [3.63, 3.8) is 0 Å². The van der Waals surface area contributed by atoms with E-state index >= 15 is 0 Å². The van der Waals surface area contributed by atoms with Crippen molar-refractivity contribution in [2.45, 2.75) is 12.8 Å². The molecule has 6 nitrogen and oxygen atoms in total. The third kappa shape index (κ3) is 4.34. The number of benzene rings is 3. The van der Waals surface area contributed by atoms with Crippen LogP contribution in [0.25, 0.3) is 21.8 Å². The zero-order chi connectivity index (χ0) is 22.8. The first kappa shape index (κ1) is 20.5. The monoisotopic (exact) mass is 438 g/mol. The molecule has 3 aromatic carbocycles. The number of anilines is 1. The number of aromatic amines is 1. The van der Waals surface area contributed by atoms with Crippen LogP contribution in [0.2, 0.25) is 0 Å². The van der Waals surface area contributed by atoms with E-state index in [9.17, 15) is 14.0 Å². The summed E-state index contributed by atoms with van der Waals surface area (Å²) in [5.74, 6) is -0.602. The maximum absolute atomic E-state index is 13.4. The van der Waals surface area contributed by atoms with Gasteiger partial charge in [0.1, 0.15) is 17.0 Å². The van der Waals surface area contributed by atoms with E-state index in [1.807, 2.05) is 24.3 Å². The highest BCUT2D eigenvalue weighted by molar-refractivity contribution is 6.08. The summed E-state index contributed by atoms with van der Waals surface area (Å²) in [6, 6.07) is 20.8. The molecule has 0 aliphatic rings. The molecule has 0 aliphatic carbocycles. The topological polar surface area (TPSA) is 87.7 Å². The van der Waals surface area contributed by atoms with Crippen molar-refractivity contribution in [3.8, 4) is 0 Å². The minimum absolute atomic E-state index is 0.106. The number of aromatic nitrogens is 3. The molecule has 0 atom stereocenters. The van der Waals surface area contributed by atoms with Crippen LogP contribution in [-0.2, 0) is 6.42 Å². The third-order valence-electron chi connectivity index (χ3n) is 5.44. The van der Waals surface area contributed by atoms with Crippen molar-refractivity contribution in [1.29, 1.82) is 0 Å². The number of fused-ring (bicyclic) bond motifs is 2. The zero-order valence-electron chi connectivity index (χ0n) is 17.5. The molecule has 2 heterocycles. The molecule has 33 heavy (non-hydrogen) atoms. The number of carbonyl (C=O) groups excluding carboxylic acids is 2. The van der Waals surface area contributed by atoms with Gasteiger partial charge in [-0.25, -0.2) is 9.37 Å². The lowest BCUT2D eigenvalue weighted by molar-refractivity contribution is 0.0982. The van der Waals surface area contributed by atoms with Gasteiger partial charge in [0.15, 0.2) is 5.78 Å². The Morgan fingerprint density at radius 2 is 1.76 bits per heavy atom. The fourth-order valence-corrected chi connectivity index (χ4v) is 3.78. The fraction of sp³-hybridized carbons (Fsp3) is 0.0769. The fourth-order valence-electron chi connectivity index (χ4n) is 3.78. The van der Waals surface area contributed by atoms with E-state index in [-0.39, 0.29) is 29.7 Å². The molecule has 2 N–H and O–H groups in total. The summed E-state index contributed by atoms with van der Waals surface area (Å²) in [4.78, 5) is 37.3. The average Bonchev–Trinajstić information content (AvgIpc) is 3.24. The molecule has 5 rings (SSSR count). The van der Waals surface area contributed by atoms with E-state index in [2.05, 4.69) is 20.3 Å². The number of pyridine rings is 1. The molecule has 0 fully saturated rings. The van der Waals surface area contributed by atoms with Crippen LogP contribution in [-0.4, -0.2) is 26.6 Å². The van der Waals surface area contributed by atoms with E-state index in [1.54, 1.807) is 42.6 Å². The molecule has 0 saturated carbocycles. The summed E-state index contributed by atoms with van der Waals surface area (Å²) >= 11 is 0. The van der Waals surface area contributed by atoms with Crippen LogP contribution in [0.15, 0.2) is 79.0 Å². The van der Waals surface area contributed by atoms with Crippen LogP contribution in [0, 0.1) is 5.82 Å². The molecule has 0 spiro atoms. The molecule has 0 bridgehead atoms. The number of hydrogen-bond donors (Lipinski definition) is 2. The first-order valence-electron chi connectivity index (χ1n) is 10.5. The van der Waals surface area contributed by atoms with Gasteiger partial charge < -0.3 is 4.98 Å². The molecule has 162 valence electrons. The highest BCUT2D eigenvalue weighted by Gasteiger charge is 2.16. The van der Waals surface area contributed by atoms with Crippen molar-refractivity contribution in [2.75, 3.05) is 5.32 Å². The second kappa shape index (κ2) is 8.63. The third-order valence-corrected chi connectivity index (χ3v) is 5.44. The van der Waals surface area contributed by atoms with Crippen molar-refractivity contribution in [3.05, 3.63) is 102 Å². The Morgan fingerprint density at radius 3 is 2.61 bits per heavy atom. The molecule has 0 unspecified atom stereocenters. The Kier molecular flexibility index (Phi) is 5.36. The normalized spacial score (nSPS) is 11.1. The first-order chi connectivity index (χ1) is 16.1. The van der Waals surface area contributed by atoms with Gasteiger partial charge in [0.25, 0.3) is 5.91 Å². The molecular weight excluding hydrogens is 419 g/mol. The molecule has 1 amide bonds.